The van der Waals surface area contributed by atoms with Crippen molar-refractivity contribution in [2.75, 3.05) is 6.54 Å². The number of hydrogen-bond acceptors (Lipinski definition) is 4. The van der Waals surface area contributed by atoms with Gasteiger partial charge in [0, 0.05) is 0 Å². The minimum Gasteiger partial charge on any atom is -0.476 e. The molecule has 12 heavy (non-hydrogen) atoms. The highest BCUT2D eigenvalue weighted by molar-refractivity contribution is 7.10. The Balaban J connectivity index is 2.99. The topological polar surface area (TPSA) is 76.2 Å². The Labute approximate surface area is 73.0 Å². The highest BCUT2D eigenvalue weighted by Gasteiger charge is 2.10. The van der Waals surface area contributed by atoms with Crippen LogP contribution in [0.15, 0.2) is 5.51 Å². The summed E-state index contributed by atoms with van der Waals surface area (Å²) in [4.78, 5) is 14.6. The van der Waals surface area contributed by atoms with Crippen LogP contribution in [-0.4, -0.2) is 22.6 Å². The number of hydrogen-bond donors (Lipinski definition) is 2. The molecule has 0 aliphatic heterocycles. The number of nitrogens with zero attached hydrogens (tertiary/aromatic N) is 1. The Kier molecular flexibility index (Phi) is 2.80. The third kappa shape index (κ3) is 1.81. The summed E-state index contributed by atoms with van der Waals surface area (Å²) >= 11 is 1.20. The Morgan fingerprint density at radius 3 is 3.17 bits per heavy atom. The predicted molar refractivity (Wildman–Crippen MR) is 45.0 cm³/mol. The van der Waals surface area contributed by atoms with Gasteiger partial charge in [-0.25, -0.2) is 9.78 Å². The maximum Gasteiger partial charge on any atom is 0.356 e. The molecule has 0 aliphatic carbocycles. The molecule has 0 saturated heterocycles. The second-order valence-electron chi connectivity index (χ2n) is 1.84. The minimum absolute atomic E-state index is 0.000880. The van der Waals surface area contributed by atoms with Crippen LogP contribution in [0.1, 0.15) is 15.4 Å². The van der Waals surface area contributed by atoms with Gasteiger partial charge < -0.3 is 10.8 Å². The maximum atomic E-state index is 10.5. The van der Waals surface area contributed by atoms with Crippen LogP contribution in [0.25, 0.3) is 0 Å². The van der Waals surface area contributed by atoms with E-state index in [0.717, 1.165) is 0 Å². The molecule has 0 bridgehead atoms. The third-order valence-corrected chi connectivity index (χ3v) is 1.82. The lowest BCUT2D eigenvalue weighted by Crippen LogP contribution is -1.99. The molecule has 4 nitrogen and oxygen atoms in total. The predicted octanol–water partition coefficient (Wildman–Crippen LogP) is 0.151. The highest BCUT2D eigenvalue weighted by Crippen LogP contribution is 2.10. The Morgan fingerprint density at radius 1 is 1.83 bits per heavy atom. The van der Waals surface area contributed by atoms with Gasteiger partial charge in [0.1, 0.15) is 4.88 Å². The molecular formula is C7H6N2O2S. The Bertz CT molecular complexity index is 348. The van der Waals surface area contributed by atoms with E-state index < -0.39 is 5.97 Å². The lowest BCUT2D eigenvalue weighted by molar-refractivity contribution is 0.0691. The Hall–Kier alpha value is -1.38. The molecule has 0 spiro atoms. The van der Waals surface area contributed by atoms with E-state index >= 15 is 0 Å². The van der Waals surface area contributed by atoms with Crippen molar-refractivity contribution in [3.05, 3.63) is 16.1 Å². The van der Waals surface area contributed by atoms with E-state index in [2.05, 4.69) is 16.8 Å². The molecular weight excluding hydrogens is 176 g/mol. The van der Waals surface area contributed by atoms with Crippen LogP contribution in [0.3, 0.4) is 0 Å². The molecule has 1 aromatic heterocycles. The van der Waals surface area contributed by atoms with Crippen molar-refractivity contribution < 1.29 is 9.90 Å². The number of thiazole rings is 1. The molecule has 0 aliphatic rings. The first-order valence-corrected chi connectivity index (χ1v) is 3.99. The van der Waals surface area contributed by atoms with Crippen molar-refractivity contribution in [3.63, 3.8) is 0 Å². The average Bonchev–Trinajstić information content (AvgIpc) is 2.48. The summed E-state index contributed by atoms with van der Waals surface area (Å²) in [6.45, 7) is 0.219. The minimum atomic E-state index is -1.06. The van der Waals surface area contributed by atoms with E-state index in [1.165, 1.54) is 16.8 Å². The number of carbonyl (C=O) groups is 1. The first-order chi connectivity index (χ1) is 5.75. The second kappa shape index (κ2) is 3.85. The van der Waals surface area contributed by atoms with Crippen molar-refractivity contribution in [2.24, 2.45) is 5.73 Å². The van der Waals surface area contributed by atoms with E-state index in [0.29, 0.717) is 4.88 Å². The lowest BCUT2D eigenvalue weighted by Gasteiger charge is -1.85. The standard InChI is InChI=1S/C7H6N2O2S/c8-3-1-2-5-6(7(10)11)9-4-12-5/h4H,3,8H2,(H,10,11). The summed E-state index contributed by atoms with van der Waals surface area (Å²) in [5.74, 6) is 4.15. The number of aromatic nitrogens is 1. The van der Waals surface area contributed by atoms with Crippen molar-refractivity contribution in [1.82, 2.24) is 4.98 Å². The number of rotatable bonds is 1. The fourth-order valence-corrected chi connectivity index (χ4v) is 1.26. The quantitative estimate of drug-likeness (QED) is 0.606. The van der Waals surface area contributed by atoms with Gasteiger partial charge >= 0.3 is 5.97 Å². The SMILES string of the molecule is NCC#Cc1scnc1C(=O)O. The van der Waals surface area contributed by atoms with Gasteiger partial charge in [-0.05, 0) is 0 Å². The van der Waals surface area contributed by atoms with E-state index in [9.17, 15) is 4.79 Å². The molecule has 0 radical (unpaired) electrons. The molecule has 0 amide bonds. The zero-order valence-corrected chi connectivity index (χ0v) is 6.89. The molecule has 3 N–H and O–H groups in total. The van der Waals surface area contributed by atoms with Gasteiger partial charge in [-0.3, -0.25) is 0 Å². The largest absolute Gasteiger partial charge is 0.476 e. The van der Waals surface area contributed by atoms with E-state index in [1.54, 1.807) is 0 Å². The number of nitrogens with two attached hydrogens (primary N) is 1. The first-order valence-electron chi connectivity index (χ1n) is 3.11. The van der Waals surface area contributed by atoms with Crippen LogP contribution in [0, 0.1) is 11.8 Å². The molecule has 0 atom stereocenters. The summed E-state index contributed by atoms with van der Waals surface area (Å²) in [6.07, 6.45) is 0. The molecule has 0 fully saturated rings. The number of carboxylic acid groups (broad SMARTS) is 1. The first kappa shape index (κ1) is 8.71. The second-order valence-corrected chi connectivity index (χ2v) is 2.70. The van der Waals surface area contributed by atoms with E-state index in [-0.39, 0.29) is 12.2 Å². The highest BCUT2D eigenvalue weighted by atomic mass is 32.1. The van der Waals surface area contributed by atoms with Crippen LogP contribution in [0.4, 0.5) is 0 Å². The van der Waals surface area contributed by atoms with E-state index in [1.807, 2.05) is 0 Å². The van der Waals surface area contributed by atoms with Crippen molar-refractivity contribution in [1.29, 1.82) is 0 Å². The monoisotopic (exact) mass is 182 g/mol. The molecule has 1 rings (SSSR count). The zero-order valence-electron chi connectivity index (χ0n) is 6.07. The molecule has 62 valence electrons. The molecule has 1 heterocycles. The number of carboxylic acids is 1. The van der Waals surface area contributed by atoms with Gasteiger partial charge in [0.25, 0.3) is 0 Å². The normalized spacial score (nSPS) is 8.75. The van der Waals surface area contributed by atoms with Gasteiger partial charge in [-0.2, -0.15) is 0 Å². The summed E-state index contributed by atoms with van der Waals surface area (Å²) in [7, 11) is 0. The molecule has 1 aromatic rings. The van der Waals surface area contributed by atoms with E-state index in [4.69, 9.17) is 10.8 Å². The van der Waals surface area contributed by atoms with Gasteiger partial charge in [0.2, 0.25) is 0 Å². The number of aromatic carboxylic acids is 1. The molecule has 0 aromatic carbocycles. The van der Waals surface area contributed by atoms with Crippen LogP contribution in [0.2, 0.25) is 0 Å². The van der Waals surface area contributed by atoms with Gasteiger partial charge in [-0.15, -0.1) is 11.3 Å². The zero-order chi connectivity index (χ0) is 8.97. The molecule has 0 unspecified atom stereocenters. The summed E-state index contributed by atoms with van der Waals surface area (Å²) < 4.78 is 0. The fraction of sp³-hybridized carbons (Fsp3) is 0.143. The van der Waals surface area contributed by atoms with Gasteiger partial charge in [-0.1, -0.05) is 11.8 Å². The van der Waals surface area contributed by atoms with Crippen molar-refractivity contribution in [2.45, 2.75) is 0 Å². The lowest BCUT2D eigenvalue weighted by atomic mass is 10.3. The van der Waals surface area contributed by atoms with Crippen LogP contribution >= 0.6 is 11.3 Å². The van der Waals surface area contributed by atoms with Gasteiger partial charge in [0.05, 0.1) is 12.1 Å². The summed E-state index contributed by atoms with van der Waals surface area (Å²) in [5.41, 5.74) is 6.58. The summed E-state index contributed by atoms with van der Waals surface area (Å²) in [5, 5.41) is 8.60. The third-order valence-electron chi connectivity index (χ3n) is 1.07. The van der Waals surface area contributed by atoms with Crippen molar-refractivity contribution in [3.8, 4) is 11.8 Å². The smallest absolute Gasteiger partial charge is 0.356 e. The average molecular weight is 182 g/mol. The van der Waals surface area contributed by atoms with Crippen LogP contribution in [-0.2, 0) is 0 Å². The maximum absolute atomic E-state index is 10.5. The van der Waals surface area contributed by atoms with Crippen LogP contribution < -0.4 is 5.73 Å². The Morgan fingerprint density at radius 2 is 2.58 bits per heavy atom. The molecule has 0 saturated carbocycles. The summed E-state index contributed by atoms with van der Waals surface area (Å²) in [6, 6.07) is 0. The molecule has 5 heteroatoms. The van der Waals surface area contributed by atoms with Crippen molar-refractivity contribution >= 4 is 17.3 Å². The van der Waals surface area contributed by atoms with Crippen LogP contribution in [0.5, 0.6) is 0 Å². The fourth-order valence-electron chi connectivity index (χ4n) is 0.619. The van der Waals surface area contributed by atoms with Gasteiger partial charge in [0.15, 0.2) is 5.69 Å².